The van der Waals surface area contributed by atoms with Crippen molar-refractivity contribution in [2.24, 2.45) is 5.73 Å². The Hall–Kier alpha value is -1.42. The number of nitrogens with zero attached hydrogens (tertiary/aromatic N) is 1. The summed E-state index contributed by atoms with van der Waals surface area (Å²) >= 11 is 0. The molecule has 1 aliphatic heterocycles. The van der Waals surface area contributed by atoms with Crippen LogP contribution in [0.3, 0.4) is 0 Å². The van der Waals surface area contributed by atoms with E-state index in [0.717, 1.165) is 24.8 Å². The smallest absolute Gasteiger partial charge is 0.227 e. The molecule has 1 fully saturated rings. The molecular formula is C15H21FN2O. The molecule has 2 unspecified atom stereocenters. The second-order valence-electron chi connectivity index (χ2n) is 5.27. The van der Waals surface area contributed by atoms with E-state index in [4.69, 9.17) is 5.73 Å². The minimum Gasteiger partial charge on any atom is -0.335 e. The zero-order chi connectivity index (χ0) is 13.8. The Morgan fingerprint density at radius 2 is 2.05 bits per heavy atom. The van der Waals surface area contributed by atoms with Crippen molar-refractivity contribution in [3.05, 3.63) is 35.6 Å². The highest BCUT2D eigenvalue weighted by Gasteiger charge is 2.30. The Labute approximate surface area is 113 Å². The summed E-state index contributed by atoms with van der Waals surface area (Å²) in [6.07, 6.45) is 3.46. The van der Waals surface area contributed by atoms with Crippen LogP contribution in [-0.2, 0) is 11.2 Å². The average molecular weight is 264 g/mol. The van der Waals surface area contributed by atoms with Gasteiger partial charge in [0.15, 0.2) is 0 Å². The van der Waals surface area contributed by atoms with Crippen molar-refractivity contribution < 1.29 is 9.18 Å². The van der Waals surface area contributed by atoms with E-state index in [-0.39, 0.29) is 23.8 Å². The third-order valence-corrected chi connectivity index (χ3v) is 3.86. The van der Waals surface area contributed by atoms with Gasteiger partial charge in [0.2, 0.25) is 5.91 Å². The molecule has 2 N–H and O–H groups in total. The number of piperidine rings is 1. The largest absolute Gasteiger partial charge is 0.335 e. The van der Waals surface area contributed by atoms with Gasteiger partial charge < -0.3 is 10.6 Å². The summed E-state index contributed by atoms with van der Waals surface area (Å²) < 4.78 is 12.8. The van der Waals surface area contributed by atoms with Gasteiger partial charge in [0.05, 0.1) is 6.42 Å². The zero-order valence-electron chi connectivity index (χ0n) is 11.3. The van der Waals surface area contributed by atoms with Gasteiger partial charge >= 0.3 is 0 Å². The van der Waals surface area contributed by atoms with Crippen LogP contribution in [0.25, 0.3) is 0 Å². The molecule has 2 atom stereocenters. The van der Waals surface area contributed by atoms with Crippen molar-refractivity contribution >= 4 is 5.91 Å². The molecule has 0 saturated carbocycles. The number of rotatable bonds is 3. The van der Waals surface area contributed by atoms with Crippen molar-refractivity contribution in [1.29, 1.82) is 0 Å². The molecule has 4 heteroatoms. The maximum absolute atomic E-state index is 12.8. The molecule has 1 heterocycles. The summed E-state index contributed by atoms with van der Waals surface area (Å²) in [6, 6.07) is 6.51. The molecule has 0 aromatic heterocycles. The van der Waals surface area contributed by atoms with Gasteiger partial charge in [-0.25, -0.2) is 4.39 Å². The Kier molecular flexibility index (Phi) is 4.53. The van der Waals surface area contributed by atoms with Crippen LogP contribution in [0.2, 0.25) is 0 Å². The lowest BCUT2D eigenvalue weighted by atomic mass is 9.95. The van der Waals surface area contributed by atoms with Crippen LogP contribution < -0.4 is 5.73 Å². The maximum Gasteiger partial charge on any atom is 0.227 e. The first-order valence-corrected chi connectivity index (χ1v) is 6.87. The van der Waals surface area contributed by atoms with Gasteiger partial charge in [0, 0.05) is 18.6 Å². The van der Waals surface area contributed by atoms with Gasteiger partial charge in [-0.3, -0.25) is 4.79 Å². The number of hydrogen-bond donors (Lipinski definition) is 1. The second-order valence-corrected chi connectivity index (χ2v) is 5.27. The lowest BCUT2D eigenvalue weighted by Crippen LogP contribution is -2.52. The Morgan fingerprint density at radius 1 is 1.37 bits per heavy atom. The number of nitrogens with two attached hydrogens (primary N) is 1. The van der Waals surface area contributed by atoms with Gasteiger partial charge in [-0.2, -0.15) is 0 Å². The molecule has 19 heavy (non-hydrogen) atoms. The Morgan fingerprint density at radius 3 is 2.68 bits per heavy atom. The minimum absolute atomic E-state index is 0.0919. The van der Waals surface area contributed by atoms with Crippen LogP contribution in [0.1, 0.15) is 31.7 Å². The van der Waals surface area contributed by atoms with Crippen LogP contribution in [-0.4, -0.2) is 29.4 Å². The highest BCUT2D eigenvalue weighted by molar-refractivity contribution is 5.79. The van der Waals surface area contributed by atoms with Crippen LogP contribution in [0.5, 0.6) is 0 Å². The Bertz CT molecular complexity index is 432. The maximum atomic E-state index is 12.8. The van der Waals surface area contributed by atoms with Gasteiger partial charge in [-0.05, 0) is 43.9 Å². The second kappa shape index (κ2) is 6.15. The molecule has 0 radical (unpaired) electrons. The van der Waals surface area contributed by atoms with Crippen LogP contribution in [0, 0.1) is 5.82 Å². The summed E-state index contributed by atoms with van der Waals surface area (Å²) in [5.74, 6) is -0.184. The molecule has 3 nitrogen and oxygen atoms in total. The topological polar surface area (TPSA) is 46.3 Å². The zero-order valence-corrected chi connectivity index (χ0v) is 11.3. The van der Waals surface area contributed by atoms with E-state index in [1.807, 2.05) is 4.90 Å². The molecule has 0 bridgehead atoms. The first-order valence-electron chi connectivity index (χ1n) is 6.87. The molecule has 1 aliphatic rings. The van der Waals surface area contributed by atoms with Crippen LogP contribution >= 0.6 is 0 Å². The average Bonchev–Trinajstić information content (AvgIpc) is 2.40. The van der Waals surface area contributed by atoms with Crippen LogP contribution in [0.4, 0.5) is 4.39 Å². The van der Waals surface area contributed by atoms with E-state index < -0.39 is 0 Å². The fraction of sp³-hybridized carbons (Fsp3) is 0.533. The van der Waals surface area contributed by atoms with E-state index in [2.05, 4.69) is 6.92 Å². The predicted molar refractivity (Wildman–Crippen MR) is 73.1 cm³/mol. The number of likely N-dealkylation sites (tertiary alicyclic amines) is 1. The molecular weight excluding hydrogens is 243 g/mol. The van der Waals surface area contributed by atoms with Gasteiger partial charge in [0.25, 0.3) is 0 Å². The van der Waals surface area contributed by atoms with Crippen molar-refractivity contribution in [2.75, 3.05) is 6.54 Å². The summed E-state index contributed by atoms with van der Waals surface area (Å²) in [5, 5.41) is 0. The van der Waals surface area contributed by atoms with Gasteiger partial charge in [-0.15, -0.1) is 0 Å². The van der Waals surface area contributed by atoms with Crippen molar-refractivity contribution in [2.45, 2.75) is 44.7 Å². The minimum atomic E-state index is -0.276. The van der Waals surface area contributed by atoms with Crippen molar-refractivity contribution in [1.82, 2.24) is 4.90 Å². The molecule has 104 valence electrons. The quantitative estimate of drug-likeness (QED) is 0.908. The van der Waals surface area contributed by atoms with E-state index in [0.29, 0.717) is 13.0 Å². The first kappa shape index (κ1) is 14.0. The van der Waals surface area contributed by atoms with Gasteiger partial charge in [0.1, 0.15) is 5.82 Å². The van der Waals surface area contributed by atoms with E-state index in [1.165, 1.54) is 12.1 Å². The van der Waals surface area contributed by atoms with Gasteiger partial charge in [-0.1, -0.05) is 12.1 Å². The summed E-state index contributed by atoms with van der Waals surface area (Å²) in [7, 11) is 0. The standard InChI is InChI=1S/C15H21FN2O/c1-11-3-2-4-14(10-17)18(11)15(19)9-12-5-7-13(16)8-6-12/h5-8,11,14H,2-4,9-10,17H2,1H3. The monoisotopic (exact) mass is 264 g/mol. The third-order valence-electron chi connectivity index (χ3n) is 3.86. The predicted octanol–water partition coefficient (Wildman–Crippen LogP) is 2.10. The Balaban J connectivity index is 2.06. The van der Waals surface area contributed by atoms with Crippen molar-refractivity contribution in [3.8, 4) is 0 Å². The number of hydrogen-bond acceptors (Lipinski definition) is 2. The number of amides is 1. The lowest BCUT2D eigenvalue weighted by Gasteiger charge is -2.40. The molecule has 0 aliphatic carbocycles. The number of benzene rings is 1. The summed E-state index contributed by atoms with van der Waals surface area (Å²) in [6.45, 7) is 2.59. The number of carbonyl (C=O) groups is 1. The molecule has 2 rings (SSSR count). The highest BCUT2D eigenvalue weighted by Crippen LogP contribution is 2.23. The SMILES string of the molecule is CC1CCCC(CN)N1C(=O)Cc1ccc(F)cc1. The molecule has 1 saturated heterocycles. The van der Waals surface area contributed by atoms with Crippen molar-refractivity contribution in [3.63, 3.8) is 0 Å². The van der Waals surface area contributed by atoms with E-state index >= 15 is 0 Å². The first-order chi connectivity index (χ1) is 9.11. The van der Waals surface area contributed by atoms with E-state index in [1.54, 1.807) is 12.1 Å². The van der Waals surface area contributed by atoms with E-state index in [9.17, 15) is 9.18 Å². The molecule has 1 aromatic rings. The lowest BCUT2D eigenvalue weighted by molar-refractivity contribution is -0.136. The number of halogens is 1. The fourth-order valence-corrected chi connectivity index (χ4v) is 2.84. The normalized spacial score (nSPS) is 23.4. The van der Waals surface area contributed by atoms with Crippen LogP contribution in [0.15, 0.2) is 24.3 Å². The summed E-state index contributed by atoms with van der Waals surface area (Å²) in [4.78, 5) is 14.3. The number of carbonyl (C=O) groups excluding carboxylic acids is 1. The molecule has 1 aromatic carbocycles. The molecule has 0 spiro atoms. The third kappa shape index (κ3) is 3.32. The fourth-order valence-electron chi connectivity index (χ4n) is 2.84. The summed E-state index contributed by atoms with van der Waals surface area (Å²) in [5.41, 5.74) is 6.61. The molecule has 1 amide bonds. The highest BCUT2D eigenvalue weighted by atomic mass is 19.1.